The number of carbonyl (C=O) groups excluding carboxylic acids is 1. The Bertz CT molecular complexity index is 237. The van der Waals surface area contributed by atoms with E-state index < -0.39 is 4.32 Å². The summed E-state index contributed by atoms with van der Waals surface area (Å²) in [5.74, 6) is 0.203. The number of halogens is 1. The third kappa shape index (κ3) is 3.18. The Morgan fingerprint density at radius 3 is 2.53 bits per heavy atom. The van der Waals surface area contributed by atoms with E-state index in [1.54, 1.807) is 0 Å². The zero-order valence-electron chi connectivity index (χ0n) is 10.1. The lowest BCUT2D eigenvalue weighted by Gasteiger charge is -2.40. The fraction of sp³-hybridized carbons (Fsp3) is 0.909. The molecule has 0 radical (unpaired) electrons. The van der Waals surface area contributed by atoms with E-state index in [2.05, 4.69) is 34.8 Å². The van der Waals surface area contributed by atoms with Crippen molar-refractivity contribution in [3.05, 3.63) is 0 Å². The van der Waals surface area contributed by atoms with Crippen molar-refractivity contribution in [3.63, 3.8) is 0 Å². The van der Waals surface area contributed by atoms with Gasteiger partial charge < -0.3 is 4.90 Å². The topological polar surface area (TPSA) is 23.6 Å². The highest BCUT2D eigenvalue weighted by atomic mass is 79.9. The van der Waals surface area contributed by atoms with E-state index in [4.69, 9.17) is 0 Å². The standard InChI is InChI=1S/C11H21BrN2O/c1-5-9-8-14(7-6-13(9)4)10(15)11(2,3)12/h9H,5-8H2,1-4H3. The number of carbonyl (C=O) groups is 1. The van der Waals surface area contributed by atoms with Crippen LogP contribution < -0.4 is 0 Å². The average molecular weight is 277 g/mol. The molecule has 1 amide bonds. The monoisotopic (exact) mass is 276 g/mol. The second-order valence-corrected chi connectivity index (χ2v) is 6.75. The van der Waals surface area contributed by atoms with Crippen LogP contribution in [0.3, 0.4) is 0 Å². The Morgan fingerprint density at radius 2 is 2.07 bits per heavy atom. The fourth-order valence-corrected chi connectivity index (χ4v) is 2.20. The van der Waals surface area contributed by atoms with Gasteiger partial charge in [0.2, 0.25) is 5.91 Å². The molecule has 0 N–H and O–H groups in total. The highest BCUT2D eigenvalue weighted by Gasteiger charge is 2.33. The van der Waals surface area contributed by atoms with Crippen LogP contribution in [0, 0.1) is 0 Å². The van der Waals surface area contributed by atoms with Crippen LogP contribution in [0.15, 0.2) is 0 Å². The molecule has 0 aromatic rings. The van der Waals surface area contributed by atoms with Gasteiger partial charge in [-0.25, -0.2) is 0 Å². The van der Waals surface area contributed by atoms with Crippen molar-refractivity contribution in [1.82, 2.24) is 9.80 Å². The number of piperazine rings is 1. The molecule has 3 nitrogen and oxygen atoms in total. The van der Waals surface area contributed by atoms with Crippen molar-refractivity contribution >= 4 is 21.8 Å². The molecule has 1 atom stereocenters. The van der Waals surface area contributed by atoms with Crippen LogP contribution in [0.1, 0.15) is 27.2 Å². The number of rotatable bonds is 2. The molecule has 15 heavy (non-hydrogen) atoms. The summed E-state index contributed by atoms with van der Waals surface area (Å²) in [6.07, 6.45) is 1.10. The first-order valence-corrected chi connectivity index (χ1v) is 6.34. The van der Waals surface area contributed by atoms with Crippen molar-refractivity contribution in [2.24, 2.45) is 0 Å². The lowest BCUT2D eigenvalue weighted by molar-refractivity contribution is -0.135. The molecule has 0 bridgehead atoms. The number of alkyl halides is 1. The predicted octanol–water partition coefficient (Wildman–Crippen LogP) is 1.71. The molecule has 1 heterocycles. The minimum absolute atomic E-state index is 0.203. The number of likely N-dealkylation sites (N-methyl/N-ethyl adjacent to an activating group) is 1. The first-order chi connectivity index (χ1) is 6.86. The second kappa shape index (κ2) is 4.83. The second-order valence-electron chi connectivity index (χ2n) is 4.77. The van der Waals surface area contributed by atoms with E-state index in [0.717, 1.165) is 26.1 Å². The Labute approximate surface area is 101 Å². The maximum Gasteiger partial charge on any atom is 0.238 e. The molecule has 1 aliphatic rings. The van der Waals surface area contributed by atoms with Crippen molar-refractivity contribution in [2.75, 3.05) is 26.7 Å². The van der Waals surface area contributed by atoms with Gasteiger partial charge in [0.25, 0.3) is 0 Å². The molecular formula is C11H21BrN2O. The van der Waals surface area contributed by atoms with Gasteiger partial charge in [0.15, 0.2) is 0 Å². The van der Waals surface area contributed by atoms with Crippen molar-refractivity contribution in [1.29, 1.82) is 0 Å². The Kier molecular flexibility index (Phi) is 4.18. The summed E-state index contributed by atoms with van der Waals surface area (Å²) >= 11 is 3.43. The van der Waals surface area contributed by atoms with Crippen LogP contribution in [-0.4, -0.2) is 52.8 Å². The molecule has 0 aromatic carbocycles. The first kappa shape index (κ1) is 13.0. The number of amides is 1. The highest BCUT2D eigenvalue weighted by molar-refractivity contribution is 9.10. The summed E-state index contributed by atoms with van der Waals surface area (Å²) in [5, 5.41) is 0. The van der Waals surface area contributed by atoms with Gasteiger partial charge in [-0.15, -0.1) is 0 Å². The molecule has 88 valence electrons. The van der Waals surface area contributed by atoms with Crippen LogP contribution in [0.2, 0.25) is 0 Å². The lowest BCUT2D eigenvalue weighted by atomic mass is 10.1. The van der Waals surface area contributed by atoms with E-state index in [1.165, 1.54) is 0 Å². The van der Waals surface area contributed by atoms with Gasteiger partial charge >= 0.3 is 0 Å². The van der Waals surface area contributed by atoms with E-state index >= 15 is 0 Å². The summed E-state index contributed by atoms with van der Waals surface area (Å²) < 4.78 is -0.429. The van der Waals surface area contributed by atoms with E-state index in [-0.39, 0.29) is 5.91 Å². The molecule has 1 rings (SSSR count). The Morgan fingerprint density at radius 1 is 1.47 bits per heavy atom. The van der Waals surface area contributed by atoms with Crippen LogP contribution in [-0.2, 0) is 4.79 Å². The average Bonchev–Trinajstić information content (AvgIpc) is 2.16. The van der Waals surface area contributed by atoms with Gasteiger partial charge in [-0.2, -0.15) is 0 Å². The summed E-state index contributed by atoms with van der Waals surface area (Å²) in [4.78, 5) is 16.4. The van der Waals surface area contributed by atoms with Crippen LogP contribution >= 0.6 is 15.9 Å². The molecule has 0 saturated carbocycles. The third-order valence-electron chi connectivity index (χ3n) is 3.04. The highest BCUT2D eigenvalue weighted by Crippen LogP contribution is 2.21. The predicted molar refractivity (Wildman–Crippen MR) is 66.3 cm³/mol. The summed E-state index contributed by atoms with van der Waals surface area (Å²) in [6.45, 7) is 8.69. The molecule has 0 spiro atoms. The molecule has 0 aromatic heterocycles. The maximum absolute atomic E-state index is 12.0. The largest absolute Gasteiger partial charge is 0.339 e. The molecule has 1 saturated heterocycles. The lowest BCUT2D eigenvalue weighted by Crippen LogP contribution is -2.55. The van der Waals surface area contributed by atoms with Gasteiger partial charge in [0.05, 0.1) is 4.32 Å². The van der Waals surface area contributed by atoms with Gasteiger partial charge in [0.1, 0.15) is 0 Å². The van der Waals surface area contributed by atoms with Crippen molar-refractivity contribution in [2.45, 2.75) is 37.6 Å². The molecular weight excluding hydrogens is 256 g/mol. The normalized spacial score (nSPS) is 24.3. The smallest absolute Gasteiger partial charge is 0.238 e. The summed E-state index contributed by atoms with van der Waals surface area (Å²) in [6, 6.07) is 0.512. The van der Waals surface area contributed by atoms with Crippen LogP contribution in [0.5, 0.6) is 0 Å². The number of hydrogen-bond donors (Lipinski definition) is 0. The third-order valence-corrected chi connectivity index (χ3v) is 3.38. The zero-order valence-corrected chi connectivity index (χ0v) is 11.7. The molecule has 1 aliphatic heterocycles. The zero-order chi connectivity index (χ0) is 11.6. The minimum Gasteiger partial charge on any atom is -0.339 e. The quantitative estimate of drug-likeness (QED) is 0.717. The van der Waals surface area contributed by atoms with Gasteiger partial charge in [-0.3, -0.25) is 9.69 Å². The van der Waals surface area contributed by atoms with Crippen molar-refractivity contribution < 1.29 is 4.79 Å². The first-order valence-electron chi connectivity index (χ1n) is 5.54. The van der Waals surface area contributed by atoms with E-state index in [1.807, 2.05) is 18.7 Å². The van der Waals surface area contributed by atoms with Crippen LogP contribution in [0.25, 0.3) is 0 Å². The molecule has 1 unspecified atom stereocenters. The molecule has 4 heteroatoms. The maximum atomic E-state index is 12.0. The Hall–Kier alpha value is -0.0900. The summed E-state index contributed by atoms with van der Waals surface area (Å²) in [7, 11) is 2.13. The molecule has 0 aliphatic carbocycles. The SMILES string of the molecule is CCC1CN(C(=O)C(C)(C)Br)CCN1C. The molecule has 1 fully saturated rings. The minimum atomic E-state index is -0.429. The van der Waals surface area contributed by atoms with Crippen LogP contribution in [0.4, 0.5) is 0 Å². The number of hydrogen-bond acceptors (Lipinski definition) is 2. The summed E-state index contributed by atoms with van der Waals surface area (Å²) in [5.41, 5.74) is 0. The fourth-order valence-electron chi connectivity index (χ4n) is 1.95. The number of nitrogens with zero attached hydrogens (tertiary/aromatic N) is 2. The Balaban J connectivity index is 2.62. The van der Waals surface area contributed by atoms with E-state index in [9.17, 15) is 4.79 Å². The van der Waals surface area contributed by atoms with E-state index in [0.29, 0.717) is 6.04 Å². The van der Waals surface area contributed by atoms with Gasteiger partial charge in [-0.05, 0) is 27.3 Å². The van der Waals surface area contributed by atoms with Gasteiger partial charge in [0, 0.05) is 25.7 Å². The van der Waals surface area contributed by atoms with Gasteiger partial charge in [-0.1, -0.05) is 22.9 Å². The van der Waals surface area contributed by atoms with Crippen molar-refractivity contribution in [3.8, 4) is 0 Å².